The van der Waals surface area contributed by atoms with Crippen LogP contribution >= 0.6 is 11.3 Å². The van der Waals surface area contributed by atoms with Crippen LogP contribution in [0.5, 0.6) is 0 Å². The van der Waals surface area contributed by atoms with Crippen molar-refractivity contribution in [3.8, 4) is 10.6 Å². The molecule has 23 heavy (non-hydrogen) atoms. The third-order valence-corrected chi connectivity index (χ3v) is 4.59. The third-order valence-electron chi connectivity index (χ3n) is 3.70. The minimum absolute atomic E-state index is 0.114. The van der Waals surface area contributed by atoms with Crippen molar-refractivity contribution in [3.05, 3.63) is 76.8 Å². The summed E-state index contributed by atoms with van der Waals surface area (Å²) in [7, 11) is 0. The number of carbonyl (C=O) groups is 1. The van der Waals surface area contributed by atoms with Crippen molar-refractivity contribution in [1.29, 1.82) is 0 Å². The van der Waals surface area contributed by atoms with Crippen LogP contribution < -0.4 is 5.32 Å². The van der Waals surface area contributed by atoms with Gasteiger partial charge in [0, 0.05) is 17.5 Å². The van der Waals surface area contributed by atoms with Crippen LogP contribution in [0.4, 0.5) is 0 Å². The average molecular weight is 322 g/mol. The Morgan fingerprint density at radius 1 is 1.09 bits per heavy atom. The molecule has 3 rings (SSSR count). The molecule has 0 aliphatic carbocycles. The van der Waals surface area contributed by atoms with E-state index in [1.165, 1.54) is 22.5 Å². The number of aromatic nitrogens is 1. The normalized spacial score (nSPS) is 10.5. The Balaban J connectivity index is 1.59. The van der Waals surface area contributed by atoms with Crippen LogP contribution in [0, 0.1) is 6.92 Å². The van der Waals surface area contributed by atoms with Gasteiger partial charge in [-0.05, 0) is 24.5 Å². The molecule has 1 amide bonds. The maximum Gasteiger partial charge on any atom is 0.270 e. The Labute approximate surface area is 140 Å². The van der Waals surface area contributed by atoms with Crippen LogP contribution in [0.25, 0.3) is 10.6 Å². The highest BCUT2D eigenvalue weighted by Crippen LogP contribution is 2.23. The fourth-order valence-corrected chi connectivity index (χ4v) is 3.19. The van der Waals surface area contributed by atoms with Gasteiger partial charge in [0.25, 0.3) is 5.91 Å². The average Bonchev–Trinajstić information content (AvgIpc) is 3.07. The van der Waals surface area contributed by atoms with Crippen molar-refractivity contribution in [2.24, 2.45) is 0 Å². The molecule has 0 aliphatic rings. The highest BCUT2D eigenvalue weighted by atomic mass is 32.1. The van der Waals surface area contributed by atoms with E-state index in [4.69, 9.17) is 0 Å². The highest BCUT2D eigenvalue weighted by molar-refractivity contribution is 7.13. The van der Waals surface area contributed by atoms with Crippen molar-refractivity contribution in [1.82, 2.24) is 10.3 Å². The molecule has 0 atom stereocenters. The largest absolute Gasteiger partial charge is 0.350 e. The molecule has 0 saturated heterocycles. The van der Waals surface area contributed by atoms with Crippen molar-refractivity contribution in [2.75, 3.05) is 6.54 Å². The number of aryl methyl sites for hydroxylation is 1. The molecule has 2 aromatic carbocycles. The number of hydrogen-bond acceptors (Lipinski definition) is 3. The van der Waals surface area contributed by atoms with Crippen molar-refractivity contribution in [2.45, 2.75) is 13.3 Å². The second kappa shape index (κ2) is 7.20. The summed E-state index contributed by atoms with van der Waals surface area (Å²) in [6, 6.07) is 18.1. The van der Waals surface area contributed by atoms with Crippen LogP contribution in [0.3, 0.4) is 0 Å². The summed E-state index contributed by atoms with van der Waals surface area (Å²) in [5.41, 5.74) is 4.04. The number of benzene rings is 2. The van der Waals surface area contributed by atoms with Crippen molar-refractivity contribution in [3.63, 3.8) is 0 Å². The molecule has 0 bridgehead atoms. The van der Waals surface area contributed by atoms with Crippen LogP contribution in [-0.4, -0.2) is 17.4 Å². The highest BCUT2D eigenvalue weighted by Gasteiger charge is 2.11. The van der Waals surface area contributed by atoms with Gasteiger partial charge < -0.3 is 5.32 Å². The van der Waals surface area contributed by atoms with Gasteiger partial charge in [-0.2, -0.15) is 0 Å². The molecule has 0 saturated carbocycles. The Hall–Kier alpha value is -2.46. The fourth-order valence-electron chi connectivity index (χ4n) is 2.38. The zero-order valence-electron chi connectivity index (χ0n) is 13.0. The van der Waals surface area contributed by atoms with E-state index in [9.17, 15) is 4.79 Å². The van der Waals surface area contributed by atoms with E-state index in [2.05, 4.69) is 29.4 Å². The monoisotopic (exact) mass is 322 g/mol. The topological polar surface area (TPSA) is 42.0 Å². The van der Waals surface area contributed by atoms with Gasteiger partial charge in [0.15, 0.2) is 0 Å². The molecule has 0 radical (unpaired) electrons. The smallest absolute Gasteiger partial charge is 0.270 e. The molecule has 1 heterocycles. The van der Waals surface area contributed by atoms with Gasteiger partial charge in [-0.1, -0.05) is 54.6 Å². The Morgan fingerprint density at radius 3 is 2.61 bits per heavy atom. The van der Waals surface area contributed by atoms with Gasteiger partial charge in [-0.3, -0.25) is 4.79 Å². The first-order valence-corrected chi connectivity index (χ1v) is 8.45. The zero-order chi connectivity index (χ0) is 16.1. The third kappa shape index (κ3) is 3.85. The lowest BCUT2D eigenvalue weighted by Crippen LogP contribution is -2.26. The lowest BCUT2D eigenvalue weighted by molar-refractivity contribution is 0.0950. The van der Waals surface area contributed by atoms with Gasteiger partial charge in [0.05, 0.1) is 0 Å². The van der Waals surface area contributed by atoms with Gasteiger partial charge in [-0.25, -0.2) is 4.98 Å². The molecular weight excluding hydrogens is 304 g/mol. The maximum absolute atomic E-state index is 12.2. The standard InChI is InChI=1S/C19H18N2OS/c1-14-7-5-6-8-15(14)11-12-20-18(22)17-13-23-19(21-17)16-9-3-2-4-10-16/h2-10,13H,11-12H2,1H3,(H,20,22). The fraction of sp³-hybridized carbons (Fsp3) is 0.158. The SMILES string of the molecule is Cc1ccccc1CCNC(=O)c1csc(-c2ccccc2)n1. The number of thiazole rings is 1. The zero-order valence-corrected chi connectivity index (χ0v) is 13.8. The minimum atomic E-state index is -0.114. The molecule has 0 aliphatic heterocycles. The number of nitrogens with one attached hydrogen (secondary N) is 1. The molecule has 1 N–H and O–H groups in total. The maximum atomic E-state index is 12.2. The molecule has 0 spiro atoms. The molecule has 0 unspecified atom stereocenters. The quantitative estimate of drug-likeness (QED) is 0.768. The van der Waals surface area contributed by atoms with E-state index < -0.39 is 0 Å². The first-order valence-electron chi connectivity index (χ1n) is 7.57. The molecule has 3 nitrogen and oxygen atoms in total. The van der Waals surface area contributed by atoms with Crippen LogP contribution in [0.2, 0.25) is 0 Å². The molecular formula is C19H18N2OS. The summed E-state index contributed by atoms with van der Waals surface area (Å²) >= 11 is 1.49. The van der Waals surface area contributed by atoms with Gasteiger partial charge >= 0.3 is 0 Å². The molecule has 116 valence electrons. The van der Waals surface area contributed by atoms with E-state index in [0.29, 0.717) is 12.2 Å². The Kier molecular flexibility index (Phi) is 4.83. The van der Waals surface area contributed by atoms with E-state index in [-0.39, 0.29) is 5.91 Å². The van der Waals surface area contributed by atoms with Crippen LogP contribution in [0.1, 0.15) is 21.6 Å². The van der Waals surface area contributed by atoms with E-state index in [0.717, 1.165) is 17.0 Å². The molecule has 3 aromatic rings. The summed E-state index contributed by atoms with van der Waals surface area (Å²) in [6.45, 7) is 2.70. The van der Waals surface area contributed by atoms with Gasteiger partial charge in [0.1, 0.15) is 10.7 Å². The predicted molar refractivity (Wildman–Crippen MR) is 94.8 cm³/mol. The van der Waals surface area contributed by atoms with Crippen molar-refractivity contribution < 1.29 is 4.79 Å². The van der Waals surface area contributed by atoms with Gasteiger partial charge in [-0.15, -0.1) is 11.3 Å². The number of amides is 1. The Morgan fingerprint density at radius 2 is 1.83 bits per heavy atom. The summed E-state index contributed by atoms with van der Waals surface area (Å²) in [6.07, 6.45) is 0.827. The van der Waals surface area contributed by atoms with E-state index in [1.807, 2.05) is 47.8 Å². The first kappa shape index (κ1) is 15.4. The number of nitrogens with zero attached hydrogens (tertiary/aromatic N) is 1. The number of hydrogen-bond donors (Lipinski definition) is 1. The lowest BCUT2D eigenvalue weighted by Gasteiger charge is -2.06. The minimum Gasteiger partial charge on any atom is -0.350 e. The molecule has 0 fully saturated rings. The van der Waals surface area contributed by atoms with E-state index in [1.54, 1.807) is 0 Å². The summed E-state index contributed by atoms with van der Waals surface area (Å²) in [5.74, 6) is -0.114. The Bertz CT molecular complexity index is 796. The van der Waals surface area contributed by atoms with E-state index >= 15 is 0 Å². The van der Waals surface area contributed by atoms with Gasteiger partial charge in [0.2, 0.25) is 0 Å². The number of carbonyl (C=O) groups excluding carboxylic acids is 1. The second-order valence-electron chi connectivity index (χ2n) is 5.34. The summed E-state index contributed by atoms with van der Waals surface area (Å²) in [5, 5.41) is 5.63. The molecule has 4 heteroatoms. The lowest BCUT2D eigenvalue weighted by atomic mass is 10.1. The summed E-state index contributed by atoms with van der Waals surface area (Å²) in [4.78, 5) is 16.6. The van der Waals surface area contributed by atoms with Crippen LogP contribution in [-0.2, 0) is 6.42 Å². The predicted octanol–water partition coefficient (Wildman–Crippen LogP) is 4.09. The van der Waals surface area contributed by atoms with Crippen molar-refractivity contribution >= 4 is 17.2 Å². The second-order valence-corrected chi connectivity index (χ2v) is 6.19. The summed E-state index contributed by atoms with van der Waals surface area (Å²) < 4.78 is 0. The van der Waals surface area contributed by atoms with Crippen LogP contribution in [0.15, 0.2) is 60.0 Å². The number of rotatable bonds is 5. The molecule has 1 aromatic heterocycles. The first-order chi connectivity index (χ1) is 11.2.